The number of carbonyl (C=O) groups excluding carboxylic acids is 1. The second kappa shape index (κ2) is 11.3. The van der Waals surface area contributed by atoms with E-state index in [4.69, 9.17) is 4.98 Å². The molecule has 1 fully saturated rings. The topological polar surface area (TPSA) is 48.5 Å². The molecular weight excluding hydrogens is 348 g/mol. The molecule has 0 radical (unpaired) electrons. The first-order valence-corrected chi connectivity index (χ1v) is 10.8. The molecule has 1 aromatic rings. The fourth-order valence-electron chi connectivity index (χ4n) is 3.97. The minimum atomic E-state index is -0.0200. The lowest BCUT2D eigenvalue weighted by molar-refractivity contribution is -0.123. The summed E-state index contributed by atoms with van der Waals surface area (Å²) in [5.41, 5.74) is 3.13. The largest absolute Gasteiger partial charge is 0.345 e. The van der Waals surface area contributed by atoms with E-state index in [1.54, 1.807) is 25.1 Å². The van der Waals surface area contributed by atoms with E-state index in [0.29, 0.717) is 6.04 Å². The standard InChI is InChI=1S/C23H38N4O/c1-6-7-11-18-14-15-20(21(25-18)16-17-22(28)26(3)4)23(24-2)27(5)19-12-9-8-10-13-19/h14-17,19,23-24H,6-13H2,1-5H3/b17-16+. The second-order valence-electron chi connectivity index (χ2n) is 8.10. The van der Waals surface area contributed by atoms with Crippen LogP contribution in [0.5, 0.6) is 0 Å². The van der Waals surface area contributed by atoms with Gasteiger partial charge in [-0.2, -0.15) is 0 Å². The number of hydrogen-bond donors (Lipinski definition) is 1. The van der Waals surface area contributed by atoms with Gasteiger partial charge >= 0.3 is 0 Å². The first kappa shape index (κ1) is 22.6. The fourth-order valence-corrected chi connectivity index (χ4v) is 3.97. The number of pyridine rings is 1. The maximum absolute atomic E-state index is 12.1. The number of rotatable bonds is 9. The van der Waals surface area contributed by atoms with Crippen molar-refractivity contribution in [3.8, 4) is 0 Å². The Balaban J connectivity index is 2.33. The van der Waals surface area contributed by atoms with Gasteiger partial charge in [0.1, 0.15) is 0 Å². The maximum atomic E-state index is 12.1. The lowest BCUT2D eigenvalue weighted by Crippen LogP contribution is -2.42. The molecule has 28 heavy (non-hydrogen) atoms. The molecule has 0 spiro atoms. The van der Waals surface area contributed by atoms with Crippen LogP contribution in [-0.4, -0.2) is 54.9 Å². The van der Waals surface area contributed by atoms with Gasteiger partial charge in [-0.3, -0.25) is 14.7 Å². The molecule has 1 heterocycles. The van der Waals surface area contributed by atoms with E-state index >= 15 is 0 Å². The molecule has 1 aliphatic rings. The number of likely N-dealkylation sites (N-methyl/N-ethyl adjacent to an activating group) is 1. The van der Waals surface area contributed by atoms with Crippen LogP contribution in [-0.2, 0) is 11.2 Å². The molecule has 1 aromatic heterocycles. The van der Waals surface area contributed by atoms with Crippen LogP contribution < -0.4 is 5.32 Å². The molecule has 1 saturated carbocycles. The summed E-state index contributed by atoms with van der Waals surface area (Å²) >= 11 is 0. The van der Waals surface area contributed by atoms with E-state index in [0.717, 1.165) is 36.2 Å². The summed E-state index contributed by atoms with van der Waals surface area (Å²) in [4.78, 5) is 21.0. The van der Waals surface area contributed by atoms with E-state index in [9.17, 15) is 4.79 Å². The van der Waals surface area contributed by atoms with Crippen LogP contribution in [0.3, 0.4) is 0 Å². The second-order valence-corrected chi connectivity index (χ2v) is 8.10. The molecule has 2 rings (SSSR count). The molecule has 1 amide bonds. The molecular formula is C23H38N4O. The molecule has 5 heteroatoms. The molecule has 156 valence electrons. The summed E-state index contributed by atoms with van der Waals surface area (Å²) in [6, 6.07) is 4.93. The van der Waals surface area contributed by atoms with Crippen LogP contribution in [0.25, 0.3) is 6.08 Å². The van der Waals surface area contributed by atoms with Gasteiger partial charge in [-0.1, -0.05) is 38.7 Å². The van der Waals surface area contributed by atoms with Crippen LogP contribution in [0.4, 0.5) is 0 Å². The molecule has 1 unspecified atom stereocenters. The minimum absolute atomic E-state index is 0.0200. The predicted molar refractivity (Wildman–Crippen MR) is 117 cm³/mol. The van der Waals surface area contributed by atoms with Gasteiger partial charge in [0.2, 0.25) is 5.91 Å². The molecule has 1 N–H and O–H groups in total. The third kappa shape index (κ3) is 6.14. The van der Waals surface area contributed by atoms with Crippen molar-refractivity contribution in [3.63, 3.8) is 0 Å². The fraction of sp³-hybridized carbons (Fsp3) is 0.652. The van der Waals surface area contributed by atoms with Crippen LogP contribution in [0.1, 0.15) is 75.0 Å². The van der Waals surface area contributed by atoms with Crippen LogP contribution >= 0.6 is 0 Å². The van der Waals surface area contributed by atoms with Crippen molar-refractivity contribution in [1.29, 1.82) is 0 Å². The molecule has 1 atom stereocenters. The van der Waals surface area contributed by atoms with Crippen LogP contribution in [0, 0.1) is 0 Å². The highest BCUT2D eigenvalue weighted by molar-refractivity contribution is 5.91. The van der Waals surface area contributed by atoms with Gasteiger partial charge in [0.15, 0.2) is 0 Å². The number of nitrogens with zero attached hydrogens (tertiary/aromatic N) is 3. The van der Waals surface area contributed by atoms with E-state index in [2.05, 4.69) is 36.3 Å². The Morgan fingerprint density at radius 1 is 1.25 bits per heavy atom. The Morgan fingerprint density at radius 3 is 2.57 bits per heavy atom. The van der Waals surface area contributed by atoms with Crippen LogP contribution in [0.2, 0.25) is 0 Å². The number of amides is 1. The van der Waals surface area contributed by atoms with Crippen molar-refractivity contribution in [2.45, 2.75) is 70.5 Å². The Bertz CT molecular complexity index is 650. The third-order valence-electron chi connectivity index (χ3n) is 5.75. The summed E-state index contributed by atoms with van der Waals surface area (Å²) in [6.07, 6.45) is 13.3. The summed E-state index contributed by atoms with van der Waals surface area (Å²) < 4.78 is 0. The molecule has 0 aromatic carbocycles. The average Bonchev–Trinajstić information content (AvgIpc) is 2.72. The number of hydrogen-bond acceptors (Lipinski definition) is 4. The Kier molecular flexibility index (Phi) is 9.13. The Hall–Kier alpha value is -1.72. The monoisotopic (exact) mass is 386 g/mol. The van der Waals surface area contributed by atoms with Gasteiger partial charge in [-0.15, -0.1) is 0 Å². The van der Waals surface area contributed by atoms with Crippen molar-refractivity contribution in [3.05, 3.63) is 35.2 Å². The smallest absolute Gasteiger partial charge is 0.246 e. The van der Waals surface area contributed by atoms with E-state index in [1.165, 1.54) is 32.1 Å². The van der Waals surface area contributed by atoms with Gasteiger partial charge in [0, 0.05) is 37.5 Å². The van der Waals surface area contributed by atoms with Crippen molar-refractivity contribution in [2.75, 3.05) is 28.2 Å². The first-order valence-electron chi connectivity index (χ1n) is 10.8. The molecule has 0 saturated heterocycles. The van der Waals surface area contributed by atoms with Crippen LogP contribution in [0.15, 0.2) is 18.2 Å². The number of carbonyl (C=O) groups is 1. The quantitative estimate of drug-likeness (QED) is 0.515. The minimum Gasteiger partial charge on any atom is -0.345 e. The zero-order chi connectivity index (χ0) is 20.5. The van der Waals surface area contributed by atoms with Gasteiger partial charge in [0.05, 0.1) is 11.9 Å². The van der Waals surface area contributed by atoms with E-state index in [1.807, 2.05) is 13.1 Å². The lowest BCUT2D eigenvalue weighted by atomic mass is 9.93. The molecule has 5 nitrogen and oxygen atoms in total. The van der Waals surface area contributed by atoms with Crippen molar-refractivity contribution < 1.29 is 4.79 Å². The Labute approximate surface area is 171 Å². The summed E-state index contributed by atoms with van der Waals surface area (Å²) in [5.74, 6) is -0.0200. The summed E-state index contributed by atoms with van der Waals surface area (Å²) in [7, 11) is 7.76. The van der Waals surface area contributed by atoms with Gasteiger partial charge in [-0.05, 0) is 51.9 Å². The van der Waals surface area contributed by atoms with E-state index in [-0.39, 0.29) is 12.1 Å². The third-order valence-corrected chi connectivity index (χ3v) is 5.75. The SMILES string of the molecule is CCCCc1ccc(C(NC)N(C)C2CCCCC2)c(/C=C/C(=O)N(C)C)n1. The highest BCUT2D eigenvalue weighted by Crippen LogP contribution is 2.29. The van der Waals surface area contributed by atoms with Gasteiger partial charge in [0.25, 0.3) is 0 Å². The zero-order valence-electron chi connectivity index (χ0n) is 18.4. The Morgan fingerprint density at radius 2 is 1.96 bits per heavy atom. The number of aryl methyl sites for hydroxylation is 1. The lowest BCUT2D eigenvalue weighted by Gasteiger charge is -2.37. The van der Waals surface area contributed by atoms with Gasteiger partial charge in [-0.25, -0.2) is 0 Å². The first-order chi connectivity index (χ1) is 13.5. The highest BCUT2D eigenvalue weighted by Gasteiger charge is 2.26. The molecule has 0 bridgehead atoms. The van der Waals surface area contributed by atoms with Gasteiger partial charge < -0.3 is 10.2 Å². The van der Waals surface area contributed by atoms with E-state index < -0.39 is 0 Å². The molecule has 1 aliphatic carbocycles. The average molecular weight is 387 g/mol. The number of nitrogens with one attached hydrogen (secondary N) is 1. The zero-order valence-corrected chi connectivity index (χ0v) is 18.4. The maximum Gasteiger partial charge on any atom is 0.246 e. The van der Waals surface area contributed by atoms with Crippen molar-refractivity contribution >= 4 is 12.0 Å². The normalized spacial score (nSPS) is 16.6. The number of aromatic nitrogens is 1. The predicted octanol–water partition coefficient (Wildman–Crippen LogP) is 4.01. The van der Waals surface area contributed by atoms with Crippen molar-refractivity contribution in [2.24, 2.45) is 0 Å². The summed E-state index contributed by atoms with van der Waals surface area (Å²) in [6.45, 7) is 2.20. The number of unbranched alkanes of at least 4 members (excludes halogenated alkanes) is 1. The summed E-state index contributed by atoms with van der Waals surface area (Å²) in [5, 5.41) is 3.49. The highest BCUT2D eigenvalue weighted by atomic mass is 16.2. The molecule has 0 aliphatic heterocycles. The van der Waals surface area contributed by atoms with Crippen molar-refractivity contribution in [1.82, 2.24) is 20.1 Å².